The van der Waals surface area contributed by atoms with Crippen LogP contribution in [0.5, 0.6) is 0 Å². The van der Waals surface area contributed by atoms with Gasteiger partial charge in [-0.15, -0.1) is 0 Å². The molecule has 0 saturated heterocycles. The molecule has 0 radical (unpaired) electrons. The highest BCUT2D eigenvalue weighted by Crippen LogP contribution is 2.29. The van der Waals surface area contributed by atoms with Crippen molar-refractivity contribution < 1.29 is 10.3 Å². The third-order valence-electron chi connectivity index (χ3n) is 3.06. The van der Waals surface area contributed by atoms with Gasteiger partial charge in [-0.05, 0) is 29.3 Å². The fourth-order valence-corrected chi connectivity index (χ4v) is 1.83. The maximum absolute atomic E-state index is 9.94. The molecule has 0 fully saturated rings. The summed E-state index contributed by atoms with van der Waals surface area (Å²) < 4.78 is 0. The van der Waals surface area contributed by atoms with Gasteiger partial charge in [-0.3, -0.25) is 0 Å². The molecule has 4 nitrogen and oxygen atoms in total. The molecule has 17 heavy (non-hydrogen) atoms. The summed E-state index contributed by atoms with van der Waals surface area (Å²) >= 11 is 0. The van der Waals surface area contributed by atoms with Gasteiger partial charge in [0.25, 0.3) is 0 Å². The third kappa shape index (κ3) is 2.24. The van der Waals surface area contributed by atoms with Crippen molar-refractivity contribution in [2.75, 3.05) is 5.73 Å². The molecule has 0 saturated carbocycles. The molecule has 2 rings (SSSR count). The van der Waals surface area contributed by atoms with E-state index in [1.54, 1.807) is 12.2 Å². The van der Waals surface area contributed by atoms with Crippen molar-refractivity contribution >= 4 is 11.3 Å². The second kappa shape index (κ2) is 4.33. The number of allylic oxidation sites excluding steroid dienone is 2. The molecule has 90 valence electrons. The molecule has 2 atom stereocenters. The lowest BCUT2D eigenvalue weighted by molar-refractivity contribution is -0.0805. The maximum atomic E-state index is 9.94. The van der Waals surface area contributed by atoms with Crippen molar-refractivity contribution in [3.63, 3.8) is 0 Å². The van der Waals surface area contributed by atoms with Crippen LogP contribution in [-0.4, -0.2) is 16.0 Å². The van der Waals surface area contributed by atoms with Gasteiger partial charge in [-0.1, -0.05) is 31.2 Å². The first-order chi connectivity index (χ1) is 8.05. The SMILES string of the molecule is CC1C=C(c2ccc(N)cc2)C=CC1(O)NO. The number of hydroxylamine groups is 1. The van der Waals surface area contributed by atoms with Gasteiger partial charge in [0.2, 0.25) is 0 Å². The van der Waals surface area contributed by atoms with E-state index in [4.69, 9.17) is 10.9 Å². The molecule has 0 heterocycles. The van der Waals surface area contributed by atoms with Gasteiger partial charge in [0.05, 0.1) is 0 Å². The highest BCUT2D eigenvalue weighted by Gasteiger charge is 2.31. The van der Waals surface area contributed by atoms with Crippen LogP contribution in [0.1, 0.15) is 12.5 Å². The Morgan fingerprint density at radius 3 is 2.47 bits per heavy atom. The standard InChI is InChI=1S/C13H16N2O2/c1-9-8-11(6-7-13(9,16)15-17)10-2-4-12(14)5-3-10/h2-9,15-17H,14H2,1H3. The van der Waals surface area contributed by atoms with Crippen LogP contribution < -0.4 is 11.2 Å². The highest BCUT2D eigenvalue weighted by molar-refractivity contribution is 5.76. The van der Waals surface area contributed by atoms with E-state index in [0.29, 0.717) is 0 Å². The van der Waals surface area contributed by atoms with E-state index in [-0.39, 0.29) is 5.92 Å². The minimum absolute atomic E-state index is 0.231. The number of nitrogens with one attached hydrogen (secondary N) is 1. The summed E-state index contributed by atoms with van der Waals surface area (Å²) in [5.74, 6) is -0.231. The molecule has 0 spiro atoms. The van der Waals surface area contributed by atoms with Gasteiger partial charge < -0.3 is 16.0 Å². The number of nitrogens with two attached hydrogens (primary N) is 1. The third-order valence-corrected chi connectivity index (χ3v) is 3.06. The fourth-order valence-electron chi connectivity index (χ4n) is 1.83. The topological polar surface area (TPSA) is 78.5 Å². The van der Waals surface area contributed by atoms with Crippen LogP contribution >= 0.6 is 0 Å². The first-order valence-electron chi connectivity index (χ1n) is 5.46. The lowest BCUT2D eigenvalue weighted by Crippen LogP contribution is -2.47. The predicted octanol–water partition coefficient (Wildman–Crippen LogP) is 1.53. The van der Waals surface area contributed by atoms with Crippen molar-refractivity contribution in [2.24, 2.45) is 5.92 Å². The lowest BCUT2D eigenvalue weighted by Gasteiger charge is -2.31. The minimum Gasteiger partial charge on any atom is -0.399 e. The number of hydrogen-bond donors (Lipinski definition) is 4. The summed E-state index contributed by atoms with van der Waals surface area (Å²) in [5, 5.41) is 18.9. The number of rotatable bonds is 2. The molecular weight excluding hydrogens is 216 g/mol. The molecule has 2 unspecified atom stereocenters. The molecule has 0 amide bonds. The summed E-state index contributed by atoms with van der Waals surface area (Å²) in [7, 11) is 0. The number of aliphatic hydroxyl groups is 1. The Kier molecular flexibility index (Phi) is 3.02. The second-order valence-electron chi connectivity index (χ2n) is 4.30. The first kappa shape index (κ1) is 11.9. The van der Waals surface area contributed by atoms with Gasteiger partial charge in [0, 0.05) is 11.6 Å². The Hall–Kier alpha value is -1.62. The Balaban J connectivity index is 2.29. The summed E-state index contributed by atoms with van der Waals surface area (Å²) in [6.45, 7) is 1.82. The maximum Gasteiger partial charge on any atom is 0.162 e. The van der Waals surface area contributed by atoms with Crippen molar-refractivity contribution in [3.05, 3.63) is 48.1 Å². The summed E-state index contributed by atoms with van der Waals surface area (Å²) in [6, 6.07) is 7.52. The number of nitrogen functional groups attached to an aromatic ring is 1. The van der Waals surface area contributed by atoms with Gasteiger partial charge >= 0.3 is 0 Å². The second-order valence-corrected chi connectivity index (χ2v) is 4.30. The monoisotopic (exact) mass is 232 g/mol. The molecule has 1 aliphatic carbocycles. The van der Waals surface area contributed by atoms with Gasteiger partial charge in [0.1, 0.15) is 0 Å². The van der Waals surface area contributed by atoms with Crippen LogP contribution in [-0.2, 0) is 0 Å². The van der Waals surface area contributed by atoms with Gasteiger partial charge in [-0.2, -0.15) is 5.48 Å². The molecule has 0 aliphatic heterocycles. The molecule has 5 N–H and O–H groups in total. The smallest absolute Gasteiger partial charge is 0.162 e. The molecule has 4 heteroatoms. The quantitative estimate of drug-likeness (QED) is 0.354. The van der Waals surface area contributed by atoms with Crippen molar-refractivity contribution in [3.8, 4) is 0 Å². The van der Waals surface area contributed by atoms with Gasteiger partial charge in [0.15, 0.2) is 5.72 Å². The molecular formula is C13H16N2O2. The summed E-state index contributed by atoms with van der Waals surface area (Å²) in [4.78, 5) is 0. The Morgan fingerprint density at radius 2 is 1.94 bits per heavy atom. The fraction of sp³-hybridized carbons (Fsp3) is 0.231. The van der Waals surface area contributed by atoms with Crippen molar-refractivity contribution in [1.82, 2.24) is 5.48 Å². The largest absolute Gasteiger partial charge is 0.399 e. The van der Waals surface area contributed by atoms with Crippen LogP contribution in [0.25, 0.3) is 5.57 Å². The van der Waals surface area contributed by atoms with E-state index in [1.807, 2.05) is 42.7 Å². The van der Waals surface area contributed by atoms with Crippen LogP contribution in [0.4, 0.5) is 5.69 Å². The number of anilines is 1. The Labute approximate surface area is 100 Å². The average molecular weight is 232 g/mol. The van der Waals surface area contributed by atoms with Crippen LogP contribution in [0, 0.1) is 5.92 Å². The van der Waals surface area contributed by atoms with E-state index in [1.165, 1.54) is 0 Å². The Morgan fingerprint density at radius 1 is 1.29 bits per heavy atom. The lowest BCUT2D eigenvalue weighted by atomic mass is 9.87. The van der Waals surface area contributed by atoms with E-state index in [9.17, 15) is 5.11 Å². The molecule has 0 bridgehead atoms. The number of benzene rings is 1. The van der Waals surface area contributed by atoms with Crippen LogP contribution in [0.2, 0.25) is 0 Å². The summed E-state index contributed by atoms with van der Waals surface area (Å²) in [5.41, 5.74) is 8.90. The van der Waals surface area contributed by atoms with Crippen molar-refractivity contribution in [1.29, 1.82) is 0 Å². The van der Waals surface area contributed by atoms with E-state index in [0.717, 1.165) is 16.8 Å². The van der Waals surface area contributed by atoms with E-state index in [2.05, 4.69) is 0 Å². The van der Waals surface area contributed by atoms with E-state index < -0.39 is 5.72 Å². The first-order valence-corrected chi connectivity index (χ1v) is 5.46. The van der Waals surface area contributed by atoms with Crippen LogP contribution in [0.3, 0.4) is 0 Å². The molecule has 1 aliphatic rings. The van der Waals surface area contributed by atoms with Gasteiger partial charge in [-0.25, -0.2) is 0 Å². The van der Waals surface area contributed by atoms with Crippen LogP contribution in [0.15, 0.2) is 42.5 Å². The molecule has 0 aromatic heterocycles. The normalized spacial score (nSPS) is 27.9. The average Bonchev–Trinajstić information content (AvgIpc) is 2.34. The number of hydrogen-bond acceptors (Lipinski definition) is 4. The predicted molar refractivity (Wildman–Crippen MR) is 67.0 cm³/mol. The zero-order valence-corrected chi connectivity index (χ0v) is 9.59. The zero-order valence-electron chi connectivity index (χ0n) is 9.59. The molecule has 1 aromatic carbocycles. The molecule has 1 aromatic rings. The highest BCUT2D eigenvalue weighted by atomic mass is 16.5. The van der Waals surface area contributed by atoms with E-state index >= 15 is 0 Å². The zero-order chi connectivity index (χ0) is 12.5. The van der Waals surface area contributed by atoms with Crippen molar-refractivity contribution in [2.45, 2.75) is 12.6 Å². The summed E-state index contributed by atoms with van der Waals surface area (Å²) in [6.07, 6.45) is 5.22. The minimum atomic E-state index is -1.39. The Bertz CT molecular complexity index is 465.